The Labute approximate surface area is 136 Å². The molecule has 0 aliphatic carbocycles. The van der Waals surface area contributed by atoms with Crippen molar-refractivity contribution < 1.29 is 14.7 Å². The van der Waals surface area contributed by atoms with Crippen LogP contribution in [-0.4, -0.2) is 35.9 Å². The number of nitrogens with two attached hydrogens (primary N) is 1. The fourth-order valence-corrected chi connectivity index (χ4v) is 2.10. The van der Waals surface area contributed by atoms with E-state index >= 15 is 0 Å². The highest BCUT2D eigenvalue weighted by Crippen LogP contribution is 2.06. The standard InChI is InChI=1S/C16H24N4O3/c1-12(10-15(21)22)20-16(23)18-9-3-2-4-13-5-7-14(8-6-13)11-19-17/h5-8,11-12H,2-4,9-10,17H2,1H3,(H,21,22)(H2,18,20,23). The number of urea groups is 1. The molecule has 0 saturated carbocycles. The van der Waals surface area contributed by atoms with Gasteiger partial charge in [-0.05, 0) is 37.3 Å². The molecule has 0 heterocycles. The normalized spacial score (nSPS) is 12.0. The molecule has 7 heteroatoms. The Morgan fingerprint density at radius 3 is 2.61 bits per heavy atom. The third-order valence-electron chi connectivity index (χ3n) is 3.24. The second kappa shape index (κ2) is 10.2. The van der Waals surface area contributed by atoms with E-state index in [4.69, 9.17) is 10.9 Å². The molecular formula is C16H24N4O3. The van der Waals surface area contributed by atoms with Crippen LogP contribution in [0.25, 0.3) is 0 Å². The number of benzene rings is 1. The van der Waals surface area contributed by atoms with E-state index in [9.17, 15) is 9.59 Å². The highest BCUT2D eigenvalue weighted by atomic mass is 16.4. The van der Waals surface area contributed by atoms with E-state index in [1.807, 2.05) is 24.3 Å². The van der Waals surface area contributed by atoms with Crippen LogP contribution in [0.5, 0.6) is 0 Å². The summed E-state index contributed by atoms with van der Waals surface area (Å²) in [7, 11) is 0. The second-order valence-corrected chi connectivity index (χ2v) is 5.38. The molecule has 0 aliphatic heterocycles. The zero-order valence-electron chi connectivity index (χ0n) is 13.3. The lowest BCUT2D eigenvalue weighted by Crippen LogP contribution is -2.41. The third kappa shape index (κ3) is 8.45. The number of amides is 2. The first-order chi connectivity index (χ1) is 11.0. The van der Waals surface area contributed by atoms with Crippen molar-refractivity contribution >= 4 is 18.2 Å². The minimum atomic E-state index is -0.929. The van der Waals surface area contributed by atoms with Crippen LogP contribution in [0.15, 0.2) is 29.4 Å². The minimum Gasteiger partial charge on any atom is -0.481 e. The topological polar surface area (TPSA) is 117 Å². The largest absolute Gasteiger partial charge is 0.481 e. The Hall–Kier alpha value is -2.57. The van der Waals surface area contributed by atoms with Crippen molar-refractivity contribution in [1.29, 1.82) is 0 Å². The number of nitrogens with zero attached hydrogens (tertiary/aromatic N) is 1. The summed E-state index contributed by atoms with van der Waals surface area (Å²) in [5.74, 6) is 4.16. The molecule has 1 aromatic rings. The molecule has 0 radical (unpaired) electrons. The molecule has 1 atom stereocenters. The molecule has 1 rings (SSSR count). The number of aryl methyl sites for hydroxylation is 1. The minimum absolute atomic E-state index is 0.0850. The molecule has 0 bridgehead atoms. The highest BCUT2D eigenvalue weighted by Gasteiger charge is 2.09. The number of carbonyl (C=O) groups excluding carboxylic acids is 1. The van der Waals surface area contributed by atoms with E-state index in [-0.39, 0.29) is 18.5 Å². The molecule has 2 amide bonds. The van der Waals surface area contributed by atoms with E-state index in [0.717, 1.165) is 24.8 Å². The predicted molar refractivity (Wildman–Crippen MR) is 89.4 cm³/mol. The van der Waals surface area contributed by atoms with Crippen molar-refractivity contribution in [3.8, 4) is 0 Å². The lowest BCUT2D eigenvalue weighted by atomic mass is 10.1. The maximum atomic E-state index is 11.5. The zero-order chi connectivity index (χ0) is 17.1. The fourth-order valence-electron chi connectivity index (χ4n) is 2.10. The summed E-state index contributed by atoms with van der Waals surface area (Å²) >= 11 is 0. The molecule has 0 spiro atoms. The molecule has 0 aromatic heterocycles. The number of hydrogen-bond acceptors (Lipinski definition) is 4. The van der Waals surface area contributed by atoms with E-state index in [1.165, 1.54) is 5.56 Å². The Balaban J connectivity index is 2.15. The number of aliphatic carboxylic acids is 1. The average molecular weight is 320 g/mol. The van der Waals surface area contributed by atoms with Gasteiger partial charge in [0.1, 0.15) is 0 Å². The lowest BCUT2D eigenvalue weighted by Gasteiger charge is -2.12. The van der Waals surface area contributed by atoms with Crippen LogP contribution in [0.1, 0.15) is 37.3 Å². The van der Waals surface area contributed by atoms with Gasteiger partial charge in [0.2, 0.25) is 0 Å². The van der Waals surface area contributed by atoms with Crippen molar-refractivity contribution in [3.05, 3.63) is 35.4 Å². The molecule has 7 nitrogen and oxygen atoms in total. The fraction of sp³-hybridized carbons (Fsp3) is 0.438. The molecule has 0 saturated heterocycles. The number of hydrazone groups is 1. The first-order valence-corrected chi connectivity index (χ1v) is 7.59. The molecule has 23 heavy (non-hydrogen) atoms. The van der Waals surface area contributed by atoms with Crippen molar-refractivity contribution in [2.24, 2.45) is 10.9 Å². The Morgan fingerprint density at radius 1 is 1.30 bits per heavy atom. The Bertz CT molecular complexity index is 529. The average Bonchev–Trinajstić information content (AvgIpc) is 2.48. The Morgan fingerprint density at radius 2 is 2.00 bits per heavy atom. The van der Waals surface area contributed by atoms with Gasteiger partial charge in [-0.15, -0.1) is 0 Å². The van der Waals surface area contributed by atoms with Gasteiger partial charge in [-0.3, -0.25) is 4.79 Å². The van der Waals surface area contributed by atoms with Crippen molar-refractivity contribution in [2.45, 2.75) is 38.6 Å². The van der Waals surface area contributed by atoms with Gasteiger partial charge >= 0.3 is 12.0 Å². The number of hydrogen-bond donors (Lipinski definition) is 4. The number of rotatable bonds is 9. The first kappa shape index (κ1) is 18.5. The summed E-state index contributed by atoms with van der Waals surface area (Å²) in [6.45, 7) is 2.22. The van der Waals surface area contributed by atoms with E-state index < -0.39 is 5.97 Å². The maximum Gasteiger partial charge on any atom is 0.315 e. The number of nitrogens with one attached hydrogen (secondary N) is 2. The van der Waals surface area contributed by atoms with E-state index in [2.05, 4.69) is 15.7 Å². The smallest absolute Gasteiger partial charge is 0.315 e. The molecule has 1 unspecified atom stereocenters. The number of carbonyl (C=O) groups is 2. The molecule has 126 valence electrons. The predicted octanol–water partition coefficient (Wildman–Crippen LogP) is 1.46. The molecule has 0 fully saturated rings. The van der Waals surface area contributed by atoms with Gasteiger partial charge in [0.25, 0.3) is 0 Å². The third-order valence-corrected chi connectivity index (χ3v) is 3.24. The summed E-state index contributed by atoms with van der Waals surface area (Å²) in [5, 5.41) is 17.4. The summed E-state index contributed by atoms with van der Waals surface area (Å²) in [6, 6.07) is 7.27. The van der Waals surface area contributed by atoms with Crippen LogP contribution in [0.2, 0.25) is 0 Å². The van der Waals surface area contributed by atoms with Crippen molar-refractivity contribution in [1.82, 2.24) is 10.6 Å². The van der Waals surface area contributed by atoms with Crippen molar-refractivity contribution in [3.63, 3.8) is 0 Å². The quantitative estimate of drug-likeness (QED) is 0.238. The van der Waals surface area contributed by atoms with Gasteiger partial charge in [-0.1, -0.05) is 24.3 Å². The summed E-state index contributed by atoms with van der Waals surface area (Å²) in [6.07, 6.45) is 4.25. The van der Waals surface area contributed by atoms with Gasteiger partial charge in [0.05, 0.1) is 12.6 Å². The number of unbranched alkanes of at least 4 members (excludes halogenated alkanes) is 1. The van der Waals surface area contributed by atoms with Gasteiger partial charge in [-0.2, -0.15) is 5.10 Å². The molecule has 0 aliphatic rings. The lowest BCUT2D eigenvalue weighted by molar-refractivity contribution is -0.137. The highest BCUT2D eigenvalue weighted by molar-refractivity contribution is 5.79. The van der Waals surface area contributed by atoms with Crippen LogP contribution in [0.3, 0.4) is 0 Å². The van der Waals surface area contributed by atoms with Gasteiger partial charge in [0.15, 0.2) is 0 Å². The molecule has 5 N–H and O–H groups in total. The monoisotopic (exact) mass is 320 g/mol. The maximum absolute atomic E-state index is 11.5. The van der Waals surface area contributed by atoms with Gasteiger partial charge < -0.3 is 21.6 Å². The van der Waals surface area contributed by atoms with Crippen LogP contribution in [-0.2, 0) is 11.2 Å². The van der Waals surface area contributed by atoms with Crippen LogP contribution in [0, 0.1) is 0 Å². The van der Waals surface area contributed by atoms with Crippen LogP contribution >= 0.6 is 0 Å². The number of carboxylic acids is 1. The first-order valence-electron chi connectivity index (χ1n) is 7.59. The zero-order valence-corrected chi connectivity index (χ0v) is 13.3. The van der Waals surface area contributed by atoms with E-state index in [1.54, 1.807) is 13.1 Å². The SMILES string of the molecule is CC(CC(=O)O)NC(=O)NCCCCc1ccc(C=NN)cc1. The molecular weight excluding hydrogens is 296 g/mol. The molecule has 1 aromatic carbocycles. The van der Waals surface area contributed by atoms with Gasteiger partial charge in [0, 0.05) is 12.6 Å². The summed E-state index contributed by atoms with van der Waals surface area (Å²) in [5.41, 5.74) is 2.18. The van der Waals surface area contributed by atoms with E-state index in [0.29, 0.717) is 6.54 Å². The number of carboxylic acid groups (broad SMARTS) is 1. The van der Waals surface area contributed by atoms with Crippen LogP contribution < -0.4 is 16.5 Å². The van der Waals surface area contributed by atoms with Crippen LogP contribution in [0.4, 0.5) is 4.79 Å². The Kier molecular flexibility index (Phi) is 8.20. The summed E-state index contributed by atoms with van der Waals surface area (Å²) < 4.78 is 0. The van der Waals surface area contributed by atoms with Gasteiger partial charge in [-0.25, -0.2) is 4.79 Å². The summed E-state index contributed by atoms with van der Waals surface area (Å²) in [4.78, 5) is 22.0. The second-order valence-electron chi connectivity index (χ2n) is 5.38. The van der Waals surface area contributed by atoms with Crippen molar-refractivity contribution in [2.75, 3.05) is 6.54 Å².